The van der Waals surface area contributed by atoms with Crippen LogP contribution in [0.5, 0.6) is 0 Å². The Bertz CT molecular complexity index is 472. The van der Waals surface area contributed by atoms with Gasteiger partial charge in [-0.05, 0) is 57.0 Å². The molecule has 0 bridgehead atoms. The first-order chi connectivity index (χ1) is 9.02. The average Bonchev–Trinajstić information content (AvgIpc) is 2.36. The summed E-state index contributed by atoms with van der Waals surface area (Å²) in [4.78, 5) is 14.3. The Morgan fingerprint density at radius 2 is 2.11 bits per heavy atom. The lowest BCUT2D eigenvalue weighted by molar-refractivity contribution is -0.124. The Balaban J connectivity index is 2.31. The molecule has 0 spiro atoms. The molecule has 2 rings (SSSR count). The molecule has 1 saturated heterocycles. The van der Waals surface area contributed by atoms with E-state index in [0.29, 0.717) is 13.0 Å². The summed E-state index contributed by atoms with van der Waals surface area (Å²) in [7, 11) is 0. The molecular weight excluding hydrogens is 238 g/mol. The van der Waals surface area contributed by atoms with Gasteiger partial charge in [-0.3, -0.25) is 4.79 Å². The van der Waals surface area contributed by atoms with Gasteiger partial charge in [0.2, 0.25) is 5.91 Å². The highest BCUT2D eigenvalue weighted by atomic mass is 16.2. The van der Waals surface area contributed by atoms with Crippen molar-refractivity contribution in [2.24, 2.45) is 5.73 Å². The zero-order valence-electron chi connectivity index (χ0n) is 11.9. The topological polar surface area (TPSA) is 58.4 Å². The zero-order valence-corrected chi connectivity index (χ0v) is 11.9. The summed E-state index contributed by atoms with van der Waals surface area (Å²) < 4.78 is 0. The number of nitrogens with one attached hydrogen (secondary N) is 1. The summed E-state index contributed by atoms with van der Waals surface area (Å²) in [5, 5.41) is 3.00. The van der Waals surface area contributed by atoms with E-state index >= 15 is 0 Å². The fourth-order valence-electron chi connectivity index (χ4n) is 2.58. The van der Waals surface area contributed by atoms with E-state index in [9.17, 15) is 4.79 Å². The van der Waals surface area contributed by atoms with E-state index in [1.807, 2.05) is 6.92 Å². The first-order valence-corrected chi connectivity index (χ1v) is 6.87. The Labute approximate surface area is 115 Å². The lowest BCUT2D eigenvalue weighted by atomic mass is 10.0. The van der Waals surface area contributed by atoms with Crippen LogP contribution in [0.2, 0.25) is 0 Å². The van der Waals surface area contributed by atoms with Crippen LogP contribution in [-0.4, -0.2) is 31.1 Å². The summed E-state index contributed by atoms with van der Waals surface area (Å²) in [6.45, 7) is 7.59. The third-order valence-electron chi connectivity index (χ3n) is 3.80. The van der Waals surface area contributed by atoms with E-state index in [2.05, 4.69) is 42.3 Å². The molecule has 1 aromatic rings. The van der Waals surface area contributed by atoms with Gasteiger partial charge < -0.3 is 16.0 Å². The molecule has 3 N–H and O–H groups in total. The number of rotatable bonds is 3. The van der Waals surface area contributed by atoms with Gasteiger partial charge in [-0.2, -0.15) is 0 Å². The minimum absolute atomic E-state index is 0.0856. The molecule has 4 heteroatoms. The van der Waals surface area contributed by atoms with E-state index in [0.717, 1.165) is 12.2 Å². The molecule has 2 atom stereocenters. The maximum Gasteiger partial charge on any atom is 0.243 e. The standard InChI is InChI=1S/C15H23N3O/c1-10-4-5-13(8-11(10)2)18-9-12(3)17-15(19)14(18)6-7-16/h4-5,8,12,14H,6-7,9,16H2,1-3H3,(H,17,19). The number of hydrogen-bond acceptors (Lipinski definition) is 3. The Hall–Kier alpha value is -1.55. The number of anilines is 1. The second-order valence-corrected chi connectivity index (χ2v) is 5.42. The monoisotopic (exact) mass is 261 g/mol. The van der Waals surface area contributed by atoms with Crippen LogP contribution < -0.4 is 16.0 Å². The SMILES string of the molecule is Cc1ccc(N2CC(C)NC(=O)C2CCN)cc1C. The molecule has 1 fully saturated rings. The third kappa shape index (κ3) is 2.89. The van der Waals surface area contributed by atoms with E-state index in [1.165, 1.54) is 11.1 Å². The van der Waals surface area contributed by atoms with Gasteiger partial charge in [-0.25, -0.2) is 0 Å². The van der Waals surface area contributed by atoms with Crippen LogP contribution >= 0.6 is 0 Å². The highest BCUT2D eigenvalue weighted by molar-refractivity contribution is 5.87. The molecule has 1 heterocycles. The number of benzene rings is 1. The van der Waals surface area contributed by atoms with Crippen LogP contribution in [-0.2, 0) is 4.79 Å². The normalized spacial score (nSPS) is 23.4. The van der Waals surface area contributed by atoms with Crippen molar-refractivity contribution in [3.63, 3.8) is 0 Å². The van der Waals surface area contributed by atoms with E-state index < -0.39 is 0 Å². The molecule has 0 radical (unpaired) electrons. The van der Waals surface area contributed by atoms with Gasteiger partial charge in [-0.1, -0.05) is 6.07 Å². The quantitative estimate of drug-likeness (QED) is 0.863. The van der Waals surface area contributed by atoms with Gasteiger partial charge in [0.25, 0.3) is 0 Å². The van der Waals surface area contributed by atoms with Gasteiger partial charge in [0, 0.05) is 18.3 Å². The predicted octanol–water partition coefficient (Wildman–Crippen LogP) is 1.35. The van der Waals surface area contributed by atoms with Crippen molar-refractivity contribution in [2.45, 2.75) is 39.3 Å². The lowest BCUT2D eigenvalue weighted by Gasteiger charge is -2.40. The fourth-order valence-corrected chi connectivity index (χ4v) is 2.58. The van der Waals surface area contributed by atoms with E-state index in [-0.39, 0.29) is 18.0 Å². The summed E-state index contributed by atoms with van der Waals surface area (Å²) in [5.74, 6) is 0.0856. The van der Waals surface area contributed by atoms with Crippen LogP contribution in [0, 0.1) is 13.8 Å². The largest absolute Gasteiger partial charge is 0.357 e. The van der Waals surface area contributed by atoms with Gasteiger partial charge in [0.1, 0.15) is 6.04 Å². The molecule has 1 aliphatic heterocycles. The highest BCUT2D eigenvalue weighted by Crippen LogP contribution is 2.24. The number of aryl methyl sites for hydroxylation is 2. The van der Waals surface area contributed by atoms with Crippen LogP contribution in [0.25, 0.3) is 0 Å². The van der Waals surface area contributed by atoms with Crippen molar-refractivity contribution in [3.8, 4) is 0 Å². The number of piperazine rings is 1. The second kappa shape index (κ2) is 5.61. The molecule has 0 aliphatic carbocycles. The number of nitrogens with two attached hydrogens (primary N) is 1. The van der Waals surface area contributed by atoms with Crippen molar-refractivity contribution >= 4 is 11.6 Å². The predicted molar refractivity (Wildman–Crippen MR) is 78.3 cm³/mol. The van der Waals surface area contributed by atoms with E-state index in [1.54, 1.807) is 0 Å². The smallest absolute Gasteiger partial charge is 0.243 e. The molecule has 104 valence electrons. The first-order valence-electron chi connectivity index (χ1n) is 6.87. The van der Waals surface area contributed by atoms with Gasteiger partial charge in [0.05, 0.1) is 0 Å². The maximum atomic E-state index is 12.1. The lowest BCUT2D eigenvalue weighted by Crippen LogP contribution is -2.59. The first kappa shape index (κ1) is 13.9. The van der Waals surface area contributed by atoms with Crippen LogP contribution in [0.3, 0.4) is 0 Å². The summed E-state index contributed by atoms with van der Waals surface area (Å²) >= 11 is 0. The minimum atomic E-state index is -0.150. The number of nitrogens with zero attached hydrogens (tertiary/aromatic N) is 1. The molecule has 19 heavy (non-hydrogen) atoms. The number of carbonyl (C=O) groups is 1. The molecule has 1 aromatic carbocycles. The van der Waals surface area contributed by atoms with Crippen LogP contribution in [0.4, 0.5) is 5.69 Å². The van der Waals surface area contributed by atoms with Crippen molar-refractivity contribution in [2.75, 3.05) is 18.0 Å². The van der Waals surface area contributed by atoms with Crippen molar-refractivity contribution in [3.05, 3.63) is 29.3 Å². The fraction of sp³-hybridized carbons (Fsp3) is 0.533. The Morgan fingerprint density at radius 1 is 1.37 bits per heavy atom. The van der Waals surface area contributed by atoms with Crippen molar-refractivity contribution in [1.82, 2.24) is 5.32 Å². The second-order valence-electron chi connectivity index (χ2n) is 5.42. The van der Waals surface area contributed by atoms with Crippen molar-refractivity contribution in [1.29, 1.82) is 0 Å². The number of hydrogen-bond donors (Lipinski definition) is 2. The maximum absolute atomic E-state index is 12.1. The Kier molecular flexibility index (Phi) is 4.10. The van der Waals surface area contributed by atoms with Crippen LogP contribution in [0.15, 0.2) is 18.2 Å². The van der Waals surface area contributed by atoms with Gasteiger partial charge in [0.15, 0.2) is 0 Å². The molecule has 2 unspecified atom stereocenters. The van der Waals surface area contributed by atoms with E-state index in [4.69, 9.17) is 5.73 Å². The highest BCUT2D eigenvalue weighted by Gasteiger charge is 2.32. The van der Waals surface area contributed by atoms with Gasteiger partial charge >= 0.3 is 0 Å². The van der Waals surface area contributed by atoms with Gasteiger partial charge in [-0.15, -0.1) is 0 Å². The average molecular weight is 261 g/mol. The minimum Gasteiger partial charge on any atom is -0.357 e. The molecule has 4 nitrogen and oxygen atoms in total. The molecule has 1 aliphatic rings. The number of amides is 1. The molecular formula is C15H23N3O. The van der Waals surface area contributed by atoms with Crippen molar-refractivity contribution < 1.29 is 4.79 Å². The zero-order chi connectivity index (χ0) is 14.0. The molecule has 1 amide bonds. The summed E-state index contributed by atoms with van der Waals surface area (Å²) in [5.41, 5.74) is 9.28. The summed E-state index contributed by atoms with van der Waals surface area (Å²) in [6.07, 6.45) is 0.686. The molecule has 0 saturated carbocycles. The third-order valence-corrected chi connectivity index (χ3v) is 3.80. The molecule has 0 aromatic heterocycles. The van der Waals surface area contributed by atoms with Crippen LogP contribution in [0.1, 0.15) is 24.5 Å². The Morgan fingerprint density at radius 3 is 2.74 bits per heavy atom. The summed E-state index contributed by atoms with van der Waals surface area (Å²) in [6, 6.07) is 6.38. The number of carbonyl (C=O) groups excluding carboxylic acids is 1.